The predicted octanol–water partition coefficient (Wildman–Crippen LogP) is 4.35. The molecule has 28 heavy (non-hydrogen) atoms. The Bertz CT molecular complexity index is 1240. The summed E-state index contributed by atoms with van der Waals surface area (Å²) in [5, 5.41) is 12.9. The van der Waals surface area contributed by atoms with Gasteiger partial charge in [0.15, 0.2) is 5.13 Å². The Hall–Kier alpha value is -2.70. The van der Waals surface area contributed by atoms with E-state index < -0.39 is 53.8 Å². The summed E-state index contributed by atoms with van der Waals surface area (Å²) in [5.41, 5.74) is 5.12. The number of carbonyl (C=O) groups is 1. The fourth-order valence-corrected chi connectivity index (χ4v) is 2.90. The number of nitrogens with zero attached hydrogens (tertiary/aromatic N) is 1. The lowest BCUT2D eigenvalue weighted by Crippen LogP contribution is -2.14. The lowest BCUT2D eigenvalue weighted by Gasteiger charge is -2.10. The van der Waals surface area contributed by atoms with Crippen LogP contribution in [0, 0.1) is 0 Å². The molecule has 0 aliphatic rings. The Balaban J connectivity index is 1.79. The second-order valence-electron chi connectivity index (χ2n) is 5.92. The van der Waals surface area contributed by atoms with Crippen molar-refractivity contribution >= 4 is 28.1 Å². The Kier molecular flexibility index (Phi) is 4.29. The van der Waals surface area contributed by atoms with Crippen molar-refractivity contribution in [1.29, 1.82) is 0 Å². The number of benzene rings is 2. The lowest BCUT2D eigenvalue weighted by molar-refractivity contribution is -0.115. The summed E-state index contributed by atoms with van der Waals surface area (Å²) in [6.45, 7) is 0. The number of aromatic nitrogens is 1. The average Bonchev–Trinajstić information content (AvgIpc) is 3.11. The number of thiazole rings is 1. The standard InChI is InChI=1S/C22H25N3O2S/c23-22-25-19(15-28-22)14-21(27)24-18-12-10-16(11-13-18)6-4-5-9-20(26)17-7-2-1-3-8-17/h1-3,7-8,10-13,15,20,26H,4-6,9,14H2,(H2,23,25)(H,24,27)/t20-/m0/s1/i6D2,10D,11D,12D,13D,15D,20D. The molecule has 1 atom stereocenters. The van der Waals surface area contributed by atoms with Crippen molar-refractivity contribution in [2.45, 2.75) is 38.1 Å². The number of aliphatic hydroxyl groups is 1. The van der Waals surface area contributed by atoms with Gasteiger partial charge in [0, 0.05) is 13.8 Å². The molecule has 3 rings (SSSR count). The van der Waals surface area contributed by atoms with E-state index in [0.29, 0.717) is 5.56 Å². The SMILES string of the molecule is [2H]c1sc(N)nc1CC(=O)Nc1c([2H])c([2H])c(C([2H])([2H])CCC[C@]([2H])(O)c2ccccc2)c([2H])c1[2H]. The van der Waals surface area contributed by atoms with E-state index in [1.165, 1.54) is 0 Å². The van der Waals surface area contributed by atoms with Crippen molar-refractivity contribution in [3.05, 3.63) is 76.7 Å². The zero-order chi connectivity index (χ0) is 26.8. The molecular weight excluding hydrogens is 370 g/mol. The molecule has 3 aromatic rings. The van der Waals surface area contributed by atoms with Crippen LogP contribution in [-0.2, 0) is 17.6 Å². The highest BCUT2D eigenvalue weighted by Crippen LogP contribution is 2.20. The number of nitrogens with one attached hydrogen (secondary N) is 1. The summed E-state index contributed by atoms with van der Waals surface area (Å²) in [6.07, 6.45) is -4.93. The summed E-state index contributed by atoms with van der Waals surface area (Å²) >= 11 is 0.890. The molecule has 0 saturated heterocycles. The molecule has 0 aliphatic carbocycles. The zero-order valence-electron chi connectivity index (χ0n) is 23.0. The van der Waals surface area contributed by atoms with Gasteiger partial charge in [0.25, 0.3) is 0 Å². The third-order valence-electron chi connectivity index (χ3n) is 3.74. The van der Waals surface area contributed by atoms with Crippen molar-refractivity contribution in [1.82, 2.24) is 4.98 Å². The van der Waals surface area contributed by atoms with Crippen LogP contribution in [0.5, 0.6) is 0 Å². The number of rotatable bonds is 9. The van der Waals surface area contributed by atoms with Gasteiger partial charge in [-0.1, -0.05) is 48.8 Å². The largest absolute Gasteiger partial charge is 0.388 e. The molecule has 0 radical (unpaired) electrons. The first-order chi connectivity index (χ1) is 16.7. The van der Waals surface area contributed by atoms with Crippen molar-refractivity contribution in [3.63, 3.8) is 0 Å². The molecule has 4 N–H and O–H groups in total. The number of anilines is 2. The number of nitrogens with two attached hydrogens (primary N) is 1. The van der Waals surface area contributed by atoms with Gasteiger partial charge in [0.2, 0.25) is 5.91 Å². The summed E-state index contributed by atoms with van der Waals surface area (Å²) < 4.78 is 65.9. The van der Waals surface area contributed by atoms with Gasteiger partial charge in [-0.2, -0.15) is 0 Å². The molecule has 6 heteroatoms. The van der Waals surface area contributed by atoms with E-state index >= 15 is 0 Å². The van der Waals surface area contributed by atoms with E-state index in [0.717, 1.165) is 11.3 Å². The molecule has 1 aromatic heterocycles. The molecular formula is C22H25N3O2S. The summed E-state index contributed by atoms with van der Waals surface area (Å²) in [6, 6.07) is 5.76. The average molecular weight is 404 g/mol. The minimum absolute atomic E-state index is 0.00223. The fourth-order valence-electron chi connectivity index (χ4n) is 2.41. The van der Waals surface area contributed by atoms with Gasteiger partial charge < -0.3 is 16.2 Å². The Morgan fingerprint density at radius 1 is 1.29 bits per heavy atom. The van der Waals surface area contributed by atoms with E-state index in [4.69, 9.17) is 16.7 Å². The van der Waals surface area contributed by atoms with Gasteiger partial charge in [-0.25, -0.2) is 4.98 Å². The van der Waals surface area contributed by atoms with E-state index in [9.17, 15) is 9.90 Å². The van der Waals surface area contributed by atoms with Crippen LogP contribution in [-0.4, -0.2) is 16.0 Å². The molecule has 0 fully saturated rings. The van der Waals surface area contributed by atoms with Crippen LogP contribution in [0.4, 0.5) is 10.8 Å². The second kappa shape index (κ2) is 10.0. The van der Waals surface area contributed by atoms with Gasteiger partial charge in [0.1, 0.15) is 0 Å². The normalized spacial score (nSPS) is 17.6. The van der Waals surface area contributed by atoms with Crippen LogP contribution >= 0.6 is 11.3 Å². The molecule has 0 bridgehead atoms. The Labute approximate surface area is 180 Å². The molecule has 146 valence electrons. The van der Waals surface area contributed by atoms with Crippen molar-refractivity contribution in [2.75, 3.05) is 11.1 Å². The predicted molar refractivity (Wildman–Crippen MR) is 114 cm³/mol. The first-order valence-electron chi connectivity index (χ1n) is 12.6. The highest BCUT2D eigenvalue weighted by atomic mass is 32.1. The van der Waals surface area contributed by atoms with Crippen molar-refractivity contribution < 1.29 is 20.9 Å². The minimum atomic E-state index is -2.30. The summed E-state index contributed by atoms with van der Waals surface area (Å²) in [4.78, 5) is 16.3. The van der Waals surface area contributed by atoms with Crippen LogP contribution in [0.2, 0.25) is 0 Å². The van der Waals surface area contributed by atoms with Gasteiger partial charge in [-0.3, -0.25) is 4.79 Å². The van der Waals surface area contributed by atoms with E-state index in [-0.39, 0.29) is 41.9 Å². The fraction of sp³-hybridized carbons (Fsp3) is 0.273. The van der Waals surface area contributed by atoms with Crippen LogP contribution in [0.15, 0.2) is 59.9 Å². The minimum Gasteiger partial charge on any atom is -0.388 e. The molecule has 0 spiro atoms. The van der Waals surface area contributed by atoms with Crippen molar-refractivity contribution in [3.8, 4) is 0 Å². The van der Waals surface area contributed by atoms with Gasteiger partial charge in [0.05, 0.1) is 26.4 Å². The van der Waals surface area contributed by atoms with Crippen LogP contribution in [0.1, 0.15) is 53.1 Å². The third-order valence-corrected chi connectivity index (χ3v) is 4.37. The Morgan fingerprint density at radius 2 is 2.04 bits per heavy atom. The molecule has 1 heterocycles. The maximum Gasteiger partial charge on any atom is 0.230 e. The van der Waals surface area contributed by atoms with Gasteiger partial charge >= 0.3 is 0 Å². The lowest BCUT2D eigenvalue weighted by atomic mass is 10.0. The van der Waals surface area contributed by atoms with Crippen LogP contribution in [0.3, 0.4) is 0 Å². The summed E-state index contributed by atoms with van der Waals surface area (Å²) in [7, 11) is 0. The third kappa shape index (κ3) is 6.18. The number of amides is 1. The first-order valence-corrected chi connectivity index (χ1v) is 9.46. The molecule has 1 amide bonds. The topological polar surface area (TPSA) is 88.2 Å². The van der Waals surface area contributed by atoms with Crippen molar-refractivity contribution in [2.24, 2.45) is 0 Å². The van der Waals surface area contributed by atoms with E-state index in [1.54, 1.807) is 30.3 Å². The molecule has 0 unspecified atom stereocenters. The van der Waals surface area contributed by atoms with E-state index in [2.05, 4.69) is 10.3 Å². The molecule has 2 aromatic carbocycles. The monoisotopic (exact) mass is 403 g/mol. The van der Waals surface area contributed by atoms with Gasteiger partial charge in [-0.15, -0.1) is 11.3 Å². The van der Waals surface area contributed by atoms with Crippen LogP contribution < -0.4 is 11.1 Å². The maximum atomic E-state index is 12.4. The highest BCUT2D eigenvalue weighted by Gasteiger charge is 2.08. The molecule has 5 nitrogen and oxygen atoms in total. The summed E-state index contributed by atoms with van der Waals surface area (Å²) in [5.74, 6) is -0.721. The number of carbonyl (C=O) groups excluding carboxylic acids is 1. The van der Waals surface area contributed by atoms with Gasteiger partial charge in [-0.05, 0) is 42.4 Å². The second-order valence-corrected chi connectivity index (χ2v) is 6.75. The zero-order valence-corrected chi connectivity index (χ0v) is 15.8. The number of nitrogen functional groups attached to an aromatic ring is 1. The number of hydrogen-bond acceptors (Lipinski definition) is 5. The van der Waals surface area contributed by atoms with Crippen LogP contribution in [0.25, 0.3) is 0 Å². The maximum absolute atomic E-state index is 12.4. The quantitative estimate of drug-likeness (QED) is 0.495. The molecule has 0 aliphatic heterocycles. The molecule has 0 saturated carbocycles. The smallest absolute Gasteiger partial charge is 0.230 e. The Morgan fingerprint density at radius 3 is 2.71 bits per heavy atom. The highest BCUT2D eigenvalue weighted by molar-refractivity contribution is 7.13. The van der Waals surface area contributed by atoms with E-state index in [1.807, 2.05) is 0 Å². The number of hydrogen-bond donors (Lipinski definition) is 3. The first kappa shape index (κ1) is 12.0.